The number of rotatable bonds is 4. The Morgan fingerprint density at radius 1 is 0.929 bits per heavy atom. The molecule has 0 aromatic heterocycles. The van der Waals surface area contributed by atoms with Crippen molar-refractivity contribution < 1.29 is 9.59 Å². The topological polar surface area (TPSA) is 78.7 Å². The van der Waals surface area contributed by atoms with Crippen molar-refractivity contribution >= 4 is 11.8 Å². The van der Waals surface area contributed by atoms with Crippen molar-refractivity contribution in [2.75, 3.05) is 26.2 Å². The van der Waals surface area contributed by atoms with Crippen molar-refractivity contribution in [2.45, 2.75) is 25.6 Å². The van der Waals surface area contributed by atoms with Gasteiger partial charge >= 0.3 is 0 Å². The van der Waals surface area contributed by atoms with Crippen LogP contribution in [0, 0.1) is 0 Å². The van der Waals surface area contributed by atoms with Gasteiger partial charge in [-0.1, -0.05) is 42.5 Å². The van der Waals surface area contributed by atoms with Crippen LogP contribution >= 0.6 is 0 Å². The Balaban J connectivity index is 1.35. The largest absolute Gasteiger partial charge is 0.338 e. The van der Waals surface area contributed by atoms with Gasteiger partial charge in [-0.05, 0) is 29.2 Å². The quantitative estimate of drug-likeness (QED) is 0.836. The molecule has 4 rings (SSSR count). The number of hydrogen-bond acceptors (Lipinski definition) is 4. The Bertz CT molecular complexity index is 860. The summed E-state index contributed by atoms with van der Waals surface area (Å²) in [6.07, 6.45) is 0.530. The summed E-state index contributed by atoms with van der Waals surface area (Å²) in [6, 6.07) is 15.2. The third-order valence-electron chi connectivity index (χ3n) is 5.61. The van der Waals surface area contributed by atoms with Gasteiger partial charge in [-0.15, -0.1) is 0 Å². The molecule has 1 saturated heterocycles. The monoisotopic (exact) mass is 378 g/mol. The van der Waals surface area contributed by atoms with Crippen LogP contribution in [0.3, 0.4) is 0 Å². The van der Waals surface area contributed by atoms with Crippen molar-refractivity contribution in [1.29, 1.82) is 0 Å². The summed E-state index contributed by atoms with van der Waals surface area (Å²) in [5, 5.41) is 3.30. The molecule has 146 valence electrons. The lowest BCUT2D eigenvalue weighted by Gasteiger charge is -2.36. The fraction of sp³-hybridized carbons (Fsp3) is 0.364. The predicted molar refractivity (Wildman–Crippen MR) is 108 cm³/mol. The number of carbonyl (C=O) groups is 2. The Kier molecular flexibility index (Phi) is 5.41. The number of piperazine rings is 1. The lowest BCUT2D eigenvalue weighted by molar-refractivity contribution is -0.134. The highest BCUT2D eigenvalue weighted by molar-refractivity contribution is 5.96. The van der Waals surface area contributed by atoms with E-state index < -0.39 is 6.04 Å². The first kappa shape index (κ1) is 18.7. The predicted octanol–water partition coefficient (Wildman–Crippen LogP) is 1.14. The second-order valence-electron chi connectivity index (χ2n) is 7.46. The minimum atomic E-state index is -0.548. The number of benzene rings is 2. The molecular weight excluding hydrogens is 352 g/mol. The molecular formula is C22H26N4O2. The van der Waals surface area contributed by atoms with Gasteiger partial charge in [0.15, 0.2) is 0 Å². The second kappa shape index (κ2) is 8.12. The van der Waals surface area contributed by atoms with Gasteiger partial charge in [-0.25, -0.2) is 0 Å². The highest BCUT2D eigenvalue weighted by Gasteiger charge is 2.29. The molecule has 2 amide bonds. The third-order valence-corrected chi connectivity index (χ3v) is 5.61. The summed E-state index contributed by atoms with van der Waals surface area (Å²) in [5.41, 5.74) is 10.3. The highest BCUT2D eigenvalue weighted by Crippen LogP contribution is 2.22. The lowest BCUT2D eigenvalue weighted by Crippen LogP contribution is -2.54. The average molecular weight is 378 g/mol. The zero-order valence-electron chi connectivity index (χ0n) is 15.9. The van der Waals surface area contributed by atoms with Crippen LogP contribution in [0.15, 0.2) is 48.5 Å². The van der Waals surface area contributed by atoms with Crippen LogP contribution in [0.4, 0.5) is 0 Å². The minimum absolute atomic E-state index is 0.0410. The van der Waals surface area contributed by atoms with E-state index in [4.69, 9.17) is 5.73 Å². The van der Waals surface area contributed by atoms with E-state index in [9.17, 15) is 9.59 Å². The molecule has 2 aromatic rings. The molecule has 2 aliphatic rings. The molecule has 0 bridgehead atoms. The van der Waals surface area contributed by atoms with E-state index in [1.807, 2.05) is 47.4 Å². The molecule has 1 atom stereocenters. The summed E-state index contributed by atoms with van der Waals surface area (Å²) in [6.45, 7) is 3.70. The Morgan fingerprint density at radius 3 is 2.39 bits per heavy atom. The standard InChI is InChI=1S/C22H26N4O2/c23-20(13-16-5-2-1-3-6-16)22(28)26-11-9-25(10-12-26)21(27)18-8-4-7-17-14-24-15-19(17)18/h1-8,20,24H,9-15,23H2. The van der Waals surface area contributed by atoms with Crippen LogP contribution in [-0.4, -0.2) is 53.8 Å². The van der Waals surface area contributed by atoms with E-state index >= 15 is 0 Å². The van der Waals surface area contributed by atoms with E-state index in [-0.39, 0.29) is 11.8 Å². The van der Waals surface area contributed by atoms with Crippen molar-refractivity contribution in [2.24, 2.45) is 5.73 Å². The number of nitrogens with zero attached hydrogens (tertiary/aromatic N) is 2. The maximum atomic E-state index is 13.0. The summed E-state index contributed by atoms with van der Waals surface area (Å²) in [5.74, 6) is 0.0157. The molecule has 0 spiro atoms. The average Bonchev–Trinajstić information content (AvgIpc) is 3.22. The van der Waals surface area contributed by atoms with Crippen LogP contribution in [0.25, 0.3) is 0 Å². The summed E-state index contributed by atoms with van der Waals surface area (Å²) >= 11 is 0. The minimum Gasteiger partial charge on any atom is -0.338 e. The van der Waals surface area contributed by atoms with Crippen molar-refractivity contribution in [3.63, 3.8) is 0 Å². The molecule has 0 radical (unpaired) electrons. The summed E-state index contributed by atoms with van der Waals surface area (Å²) in [4.78, 5) is 29.3. The first-order valence-electron chi connectivity index (χ1n) is 9.82. The zero-order valence-corrected chi connectivity index (χ0v) is 15.9. The number of nitrogens with one attached hydrogen (secondary N) is 1. The smallest absolute Gasteiger partial charge is 0.254 e. The van der Waals surface area contributed by atoms with Crippen molar-refractivity contribution in [1.82, 2.24) is 15.1 Å². The molecule has 2 heterocycles. The van der Waals surface area contributed by atoms with Gasteiger partial charge in [-0.3, -0.25) is 9.59 Å². The van der Waals surface area contributed by atoms with Crippen LogP contribution in [0.2, 0.25) is 0 Å². The molecule has 0 saturated carbocycles. The van der Waals surface area contributed by atoms with E-state index in [0.717, 1.165) is 29.8 Å². The van der Waals surface area contributed by atoms with Crippen LogP contribution < -0.4 is 11.1 Å². The van der Waals surface area contributed by atoms with Crippen molar-refractivity contribution in [3.8, 4) is 0 Å². The summed E-state index contributed by atoms with van der Waals surface area (Å²) in [7, 11) is 0. The van der Waals surface area contributed by atoms with Gasteiger partial charge < -0.3 is 20.9 Å². The molecule has 6 heteroatoms. The van der Waals surface area contributed by atoms with Crippen molar-refractivity contribution in [3.05, 3.63) is 70.8 Å². The van der Waals surface area contributed by atoms with Gasteiger partial charge in [0.25, 0.3) is 5.91 Å². The Labute approximate surface area is 165 Å². The first-order valence-corrected chi connectivity index (χ1v) is 9.82. The van der Waals surface area contributed by atoms with Crippen LogP contribution in [0.5, 0.6) is 0 Å². The van der Waals surface area contributed by atoms with Gasteiger partial charge in [0, 0.05) is 44.8 Å². The molecule has 6 nitrogen and oxygen atoms in total. The second-order valence-corrected chi connectivity index (χ2v) is 7.46. The Hall–Kier alpha value is -2.70. The van der Waals surface area contributed by atoms with Crippen LogP contribution in [0.1, 0.15) is 27.0 Å². The fourth-order valence-electron chi connectivity index (χ4n) is 4.02. The lowest BCUT2D eigenvalue weighted by atomic mass is 10.0. The zero-order chi connectivity index (χ0) is 19.5. The van der Waals surface area contributed by atoms with Gasteiger partial charge in [0.2, 0.25) is 5.91 Å². The molecule has 2 aliphatic heterocycles. The van der Waals surface area contributed by atoms with E-state index in [2.05, 4.69) is 11.4 Å². The summed E-state index contributed by atoms with van der Waals surface area (Å²) < 4.78 is 0. The Morgan fingerprint density at radius 2 is 1.64 bits per heavy atom. The molecule has 28 heavy (non-hydrogen) atoms. The van der Waals surface area contributed by atoms with E-state index in [1.165, 1.54) is 5.56 Å². The number of hydrogen-bond donors (Lipinski definition) is 2. The maximum absolute atomic E-state index is 13.0. The van der Waals surface area contributed by atoms with Crippen LogP contribution in [-0.2, 0) is 24.3 Å². The van der Waals surface area contributed by atoms with Gasteiger partial charge in [0.05, 0.1) is 6.04 Å². The van der Waals surface area contributed by atoms with E-state index in [1.54, 1.807) is 4.90 Å². The first-order chi connectivity index (χ1) is 13.6. The number of fused-ring (bicyclic) bond motifs is 1. The maximum Gasteiger partial charge on any atom is 0.254 e. The van der Waals surface area contributed by atoms with Gasteiger partial charge in [-0.2, -0.15) is 0 Å². The molecule has 1 unspecified atom stereocenters. The normalized spacial score (nSPS) is 17.3. The SMILES string of the molecule is NC(Cc1ccccc1)C(=O)N1CCN(C(=O)c2cccc3c2CNC3)CC1. The fourth-order valence-corrected chi connectivity index (χ4v) is 4.02. The highest BCUT2D eigenvalue weighted by atomic mass is 16.2. The van der Waals surface area contributed by atoms with E-state index in [0.29, 0.717) is 32.6 Å². The van der Waals surface area contributed by atoms with Gasteiger partial charge in [0.1, 0.15) is 0 Å². The molecule has 3 N–H and O–H groups in total. The number of carbonyl (C=O) groups excluding carboxylic acids is 2. The molecule has 2 aromatic carbocycles. The molecule has 1 fully saturated rings. The third kappa shape index (κ3) is 3.79. The number of amides is 2. The molecule has 0 aliphatic carbocycles. The number of nitrogens with two attached hydrogens (primary N) is 1.